The molecule has 0 unspecified atom stereocenters. The smallest absolute Gasteiger partial charge is 0.407 e. The molecule has 3 aromatic carbocycles. The second-order valence-electron chi connectivity index (χ2n) is 19.2. The Bertz CT molecular complexity index is 2320. The summed E-state index contributed by atoms with van der Waals surface area (Å²) < 4.78 is 29.0. The van der Waals surface area contributed by atoms with Crippen molar-refractivity contribution < 1.29 is 42.9 Å². The lowest BCUT2D eigenvalue weighted by molar-refractivity contribution is -0.117. The second kappa shape index (κ2) is 19.7. The Labute approximate surface area is 387 Å². The summed E-state index contributed by atoms with van der Waals surface area (Å²) >= 11 is 0. The van der Waals surface area contributed by atoms with Gasteiger partial charge in [0, 0.05) is 56.2 Å². The third kappa shape index (κ3) is 10.8. The molecule has 3 aromatic rings. The van der Waals surface area contributed by atoms with Crippen LogP contribution in [0.15, 0.2) is 54.7 Å². The van der Waals surface area contributed by atoms with Gasteiger partial charge in [-0.1, -0.05) is 12.1 Å². The first-order chi connectivity index (χ1) is 31.7. The topological polar surface area (TPSA) is 195 Å². The van der Waals surface area contributed by atoms with Gasteiger partial charge in [0.1, 0.15) is 5.60 Å². The molecule has 1 spiro atoms. The van der Waals surface area contributed by atoms with Crippen LogP contribution in [0.5, 0.6) is 23.0 Å². The van der Waals surface area contributed by atoms with Gasteiger partial charge in [0.25, 0.3) is 11.8 Å². The lowest BCUT2D eigenvalue weighted by Crippen LogP contribution is -2.37. The van der Waals surface area contributed by atoms with Crippen molar-refractivity contribution >= 4 is 46.5 Å². The predicted octanol–water partition coefficient (Wildman–Crippen LogP) is 7.39. The van der Waals surface area contributed by atoms with E-state index in [-0.39, 0.29) is 29.8 Å². The zero-order valence-electron chi connectivity index (χ0n) is 38.9. The van der Waals surface area contributed by atoms with Crippen molar-refractivity contribution in [1.82, 2.24) is 15.1 Å². The highest BCUT2D eigenvalue weighted by atomic mass is 16.6. The van der Waals surface area contributed by atoms with Crippen molar-refractivity contribution in [2.75, 3.05) is 69.6 Å². The molecule has 4 heterocycles. The van der Waals surface area contributed by atoms with E-state index in [1.165, 1.54) is 12.8 Å². The largest absolute Gasteiger partial charge is 0.493 e. The SMILES string of the molecule is COc1cc2c(cc1OCCCCCOc1cc3c(cc1OC)C(=O)N1CC4(CC4)C[C@H]1CN3)NC[C@@H]1CC(c3ccc(NC(=O)[C@@H](N)CCCCNC(=O)OC(C)(C)C)cc3)=CN1C2=O. The standard InChI is InChI=1S/C50H65N7O9/c1-49(2,3)66-48(61)52-18-8-7-11-38(51)45(58)55-33-14-12-31(13-15-33)32-21-34-27-53-39-24-43(41(62-4)22-36(39)46(59)56(34)29-32)64-19-9-6-10-20-65-44-25-40-37(23-42(44)63-5)47(60)57-30-50(16-17-50)26-35(57)28-54-40/h12-15,22-25,29,34-35,38,53-54H,6-11,16-21,26-28,30,51H2,1-5H3,(H,52,61)(H,55,58)/t34-,35-,38-/m0/s1. The van der Waals surface area contributed by atoms with Gasteiger partial charge in [-0.05, 0) is 126 Å². The molecule has 66 heavy (non-hydrogen) atoms. The highest BCUT2D eigenvalue weighted by molar-refractivity contribution is 6.03. The summed E-state index contributed by atoms with van der Waals surface area (Å²) in [6.45, 7) is 8.96. The summed E-state index contributed by atoms with van der Waals surface area (Å²) in [5, 5.41) is 12.6. The number of methoxy groups -OCH3 is 2. The Balaban J connectivity index is 0.780. The number of hydrogen-bond acceptors (Lipinski definition) is 12. The molecule has 5 aliphatic rings. The molecule has 3 atom stereocenters. The molecule has 16 heteroatoms. The molecule has 4 amide bonds. The Morgan fingerprint density at radius 3 is 2.05 bits per heavy atom. The second-order valence-corrected chi connectivity index (χ2v) is 19.2. The van der Waals surface area contributed by atoms with E-state index in [0.717, 1.165) is 55.6 Å². The number of nitrogens with one attached hydrogen (secondary N) is 4. The number of benzene rings is 3. The summed E-state index contributed by atoms with van der Waals surface area (Å²) in [5.74, 6) is 1.89. The molecule has 6 N–H and O–H groups in total. The van der Waals surface area contributed by atoms with Crippen LogP contribution in [0.1, 0.15) is 111 Å². The van der Waals surface area contributed by atoms with Crippen LogP contribution in [0, 0.1) is 5.41 Å². The highest BCUT2D eigenvalue weighted by Gasteiger charge is 2.54. The summed E-state index contributed by atoms with van der Waals surface area (Å²) in [4.78, 5) is 56.0. The van der Waals surface area contributed by atoms with Gasteiger partial charge in [-0.25, -0.2) is 4.79 Å². The average Bonchev–Trinajstić information content (AvgIpc) is 3.83. The molecule has 1 saturated carbocycles. The van der Waals surface area contributed by atoms with Gasteiger partial charge < -0.3 is 60.5 Å². The van der Waals surface area contributed by atoms with Crippen LogP contribution in [-0.2, 0) is 9.53 Å². The average molecular weight is 908 g/mol. The summed E-state index contributed by atoms with van der Waals surface area (Å²) in [6.07, 6.45) is 9.89. The lowest BCUT2D eigenvalue weighted by Gasteiger charge is -2.21. The number of carbonyl (C=O) groups excluding carboxylic acids is 4. The van der Waals surface area contributed by atoms with Crippen LogP contribution in [-0.4, -0.2) is 111 Å². The third-order valence-corrected chi connectivity index (χ3v) is 13.1. The van der Waals surface area contributed by atoms with E-state index in [0.29, 0.717) is 103 Å². The Morgan fingerprint density at radius 1 is 0.818 bits per heavy atom. The molecule has 8 rings (SSSR count). The van der Waals surface area contributed by atoms with Crippen molar-refractivity contribution in [2.24, 2.45) is 11.1 Å². The molecular formula is C50H65N7O9. The first-order valence-corrected chi connectivity index (χ1v) is 23.4. The number of nitrogens with two attached hydrogens (primary N) is 1. The maximum atomic E-state index is 14.0. The number of alkyl carbamates (subject to hydrolysis) is 1. The van der Waals surface area contributed by atoms with Crippen LogP contribution >= 0.6 is 0 Å². The Hall–Kier alpha value is -6.16. The van der Waals surface area contributed by atoms with Gasteiger partial charge in [-0.2, -0.15) is 0 Å². The van der Waals surface area contributed by atoms with Gasteiger partial charge >= 0.3 is 6.09 Å². The van der Waals surface area contributed by atoms with E-state index in [9.17, 15) is 19.2 Å². The normalized spacial score (nSPS) is 19.4. The van der Waals surface area contributed by atoms with Gasteiger partial charge in [0.15, 0.2) is 23.0 Å². The zero-order valence-corrected chi connectivity index (χ0v) is 38.9. The van der Waals surface area contributed by atoms with Crippen LogP contribution in [0.3, 0.4) is 0 Å². The van der Waals surface area contributed by atoms with E-state index in [4.69, 9.17) is 29.4 Å². The van der Waals surface area contributed by atoms with E-state index in [1.54, 1.807) is 25.2 Å². The molecule has 354 valence electrons. The van der Waals surface area contributed by atoms with Gasteiger partial charge in [-0.3, -0.25) is 14.4 Å². The number of unbranched alkanes of at least 4 members (excludes halogenated alkanes) is 3. The molecule has 0 bridgehead atoms. The highest BCUT2D eigenvalue weighted by Crippen LogP contribution is 2.55. The minimum absolute atomic E-state index is 0.0680. The molecule has 16 nitrogen and oxygen atoms in total. The minimum atomic E-state index is -0.688. The number of amides is 4. The van der Waals surface area contributed by atoms with E-state index in [1.807, 2.05) is 69.4 Å². The first kappa shape index (κ1) is 46.4. The van der Waals surface area contributed by atoms with Gasteiger partial charge in [0.2, 0.25) is 5.91 Å². The van der Waals surface area contributed by atoms with E-state index in [2.05, 4.69) is 26.2 Å². The Morgan fingerprint density at radius 2 is 1.44 bits per heavy atom. The maximum Gasteiger partial charge on any atom is 0.407 e. The number of hydrogen-bond donors (Lipinski definition) is 5. The minimum Gasteiger partial charge on any atom is -0.493 e. The van der Waals surface area contributed by atoms with Crippen molar-refractivity contribution in [3.05, 3.63) is 71.4 Å². The maximum absolute atomic E-state index is 14.0. The zero-order chi connectivity index (χ0) is 46.6. The monoisotopic (exact) mass is 907 g/mol. The molecular weight excluding hydrogens is 843 g/mol. The van der Waals surface area contributed by atoms with Crippen LogP contribution < -0.4 is 45.9 Å². The molecule has 4 aliphatic heterocycles. The quantitative estimate of drug-likeness (QED) is 0.0796. The molecule has 0 radical (unpaired) electrons. The summed E-state index contributed by atoms with van der Waals surface area (Å²) in [6, 6.07) is 14.3. The molecule has 1 saturated heterocycles. The molecule has 2 fully saturated rings. The number of carbonyl (C=O) groups is 4. The van der Waals surface area contributed by atoms with Gasteiger partial charge in [-0.15, -0.1) is 0 Å². The fraction of sp³-hybridized carbons (Fsp3) is 0.520. The van der Waals surface area contributed by atoms with Crippen LogP contribution in [0.2, 0.25) is 0 Å². The summed E-state index contributed by atoms with van der Waals surface area (Å²) in [5.41, 5.74) is 11.2. The number of anilines is 3. The summed E-state index contributed by atoms with van der Waals surface area (Å²) in [7, 11) is 3.17. The van der Waals surface area contributed by atoms with Gasteiger partial charge in [0.05, 0.1) is 62.0 Å². The van der Waals surface area contributed by atoms with Crippen molar-refractivity contribution in [3.8, 4) is 23.0 Å². The van der Waals surface area contributed by atoms with Crippen LogP contribution in [0.25, 0.3) is 5.57 Å². The fourth-order valence-electron chi connectivity index (χ4n) is 9.32. The van der Waals surface area contributed by atoms with Crippen LogP contribution in [0.4, 0.5) is 21.9 Å². The molecule has 0 aromatic heterocycles. The van der Waals surface area contributed by atoms with Crippen molar-refractivity contribution in [1.29, 1.82) is 0 Å². The van der Waals surface area contributed by atoms with Crippen molar-refractivity contribution in [2.45, 2.75) is 109 Å². The lowest BCUT2D eigenvalue weighted by atomic mass is 10.0. The number of nitrogens with zero attached hydrogens (tertiary/aromatic N) is 2. The van der Waals surface area contributed by atoms with E-state index < -0.39 is 17.7 Å². The fourth-order valence-corrected chi connectivity index (χ4v) is 9.32. The third-order valence-electron chi connectivity index (χ3n) is 13.1. The first-order valence-electron chi connectivity index (χ1n) is 23.4. The van der Waals surface area contributed by atoms with Crippen molar-refractivity contribution in [3.63, 3.8) is 0 Å². The number of fused-ring (bicyclic) bond motifs is 4. The predicted molar refractivity (Wildman–Crippen MR) is 253 cm³/mol. The number of ether oxygens (including phenoxy) is 5. The molecule has 1 aliphatic carbocycles. The number of rotatable bonds is 18. The Kier molecular flexibility index (Phi) is 13.9. The van der Waals surface area contributed by atoms with E-state index >= 15 is 0 Å².